The SMILES string of the molecule is CCCC1(CCC)CC(N)(c2cccc(C)c2)C1. The summed E-state index contributed by atoms with van der Waals surface area (Å²) in [5, 5.41) is 0. The Bertz CT molecular complexity index is 394. The van der Waals surface area contributed by atoms with Gasteiger partial charge in [-0.15, -0.1) is 0 Å². The summed E-state index contributed by atoms with van der Waals surface area (Å²) in [5.74, 6) is 0. The summed E-state index contributed by atoms with van der Waals surface area (Å²) in [7, 11) is 0. The number of benzene rings is 1. The lowest BCUT2D eigenvalue weighted by Crippen LogP contribution is -2.55. The molecule has 2 N–H and O–H groups in total. The highest BCUT2D eigenvalue weighted by molar-refractivity contribution is 5.32. The van der Waals surface area contributed by atoms with Gasteiger partial charge >= 0.3 is 0 Å². The largest absolute Gasteiger partial charge is 0.321 e. The van der Waals surface area contributed by atoms with Crippen molar-refractivity contribution < 1.29 is 0 Å². The zero-order valence-corrected chi connectivity index (χ0v) is 12.1. The molecule has 0 amide bonds. The summed E-state index contributed by atoms with van der Waals surface area (Å²) in [4.78, 5) is 0. The second kappa shape index (κ2) is 5.05. The lowest BCUT2D eigenvalue weighted by Gasteiger charge is -2.55. The zero-order chi connectivity index (χ0) is 13.2. The normalized spacial score (nSPS) is 20.4. The number of nitrogens with two attached hydrogens (primary N) is 1. The van der Waals surface area contributed by atoms with Crippen LogP contribution in [0.3, 0.4) is 0 Å². The van der Waals surface area contributed by atoms with Gasteiger partial charge in [-0.05, 0) is 43.6 Å². The summed E-state index contributed by atoms with van der Waals surface area (Å²) in [5.41, 5.74) is 9.76. The average molecular weight is 245 g/mol. The van der Waals surface area contributed by atoms with Crippen LogP contribution in [0.1, 0.15) is 63.5 Å². The predicted octanol–water partition coefficient (Wildman–Crippen LogP) is 4.53. The van der Waals surface area contributed by atoms with Crippen molar-refractivity contribution in [3.05, 3.63) is 35.4 Å². The fraction of sp³-hybridized carbons (Fsp3) is 0.647. The van der Waals surface area contributed by atoms with Crippen molar-refractivity contribution in [2.24, 2.45) is 11.1 Å². The van der Waals surface area contributed by atoms with E-state index in [1.165, 1.54) is 49.7 Å². The van der Waals surface area contributed by atoms with Gasteiger partial charge in [0.05, 0.1) is 0 Å². The first-order chi connectivity index (χ1) is 8.53. The van der Waals surface area contributed by atoms with Gasteiger partial charge in [0, 0.05) is 5.54 Å². The van der Waals surface area contributed by atoms with E-state index in [0.29, 0.717) is 5.41 Å². The molecule has 0 aromatic heterocycles. The van der Waals surface area contributed by atoms with Crippen molar-refractivity contribution >= 4 is 0 Å². The monoisotopic (exact) mass is 245 g/mol. The molecule has 0 spiro atoms. The Labute approximate surface area is 112 Å². The highest BCUT2D eigenvalue weighted by Gasteiger charge is 2.51. The second-order valence-corrected chi connectivity index (χ2v) is 6.38. The van der Waals surface area contributed by atoms with Crippen LogP contribution in [0.2, 0.25) is 0 Å². The highest BCUT2D eigenvalue weighted by Crippen LogP contribution is 2.57. The summed E-state index contributed by atoms with van der Waals surface area (Å²) >= 11 is 0. The van der Waals surface area contributed by atoms with Crippen LogP contribution < -0.4 is 5.73 Å². The van der Waals surface area contributed by atoms with E-state index in [1.54, 1.807) is 0 Å². The average Bonchev–Trinajstić information content (AvgIpc) is 2.27. The second-order valence-electron chi connectivity index (χ2n) is 6.38. The van der Waals surface area contributed by atoms with E-state index in [1.807, 2.05) is 0 Å². The molecule has 1 fully saturated rings. The third-order valence-corrected chi connectivity index (χ3v) is 4.53. The standard InChI is InChI=1S/C17H27N/c1-4-9-16(10-5-2)12-17(18,13-16)15-8-6-7-14(3)11-15/h6-8,11H,4-5,9-10,12-13,18H2,1-3H3. The van der Waals surface area contributed by atoms with Crippen molar-refractivity contribution in [3.8, 4) is 0 Å². The molecule has 0 saturated heterocycles. The molecule has 1 aromatic carbocycles. The molecule has 1 nitrogen and oxygen atoms in total. The Morgan fingerprint density at radius 1 is 1.11 bits per heavy atom. The number of aryl methyl sites for hydroxylation is 1. The molecular formula is C17H27N. The lowest BCUT2D eigenvalue weighted by atomic mass is 9.52. The fourth-order valence-corrected chi connectivity index (χ4v) is 3.98. The predicted molar refractivity (Wildman–Crippen MR) is 78.5 cm³/mol. The summed E-state index contributed by atoms with van der Waals surface area (Å²) < 4.78 is 0. The maximum Gasteiger partial charge on any atom is 0.0420 e. The molecule has 1 aromatic rings. The Morgan fingerprint density at radius 2 is 1.72 bits per heavy atom. The summed E-state index contributed by atoms with van der Waals surface area (Å²) in [6, 6.07) is 8.76. The quantitative estimate of drug-likeness (QED) is 0.810. The Balaban J connectivity index is 2.13. The maximum absolute atomic E-state index is 6.63. The Morgan fingerprint density at radius 3 is 2.22 bits per heavy atom. The molecule has 1 saturated carbocycles. The van der Waals surface area contributed by atoms with Gasteiger partial charge in [-0.1, -0.05) is 56.5 Å². The smallest absolute Gasteiger partial charge is 0.0420 e. The van der Waals surface area contributed by atoms with Crippen LogP contribution in [-0.2, 0) is 5.54 Å². The minimum Gasteiger partial charge on any atom is -0.321 e. The van der Waals surface area contributed by atoms with Gasteiger partial charge in [0.25, 0.3) is 0 Å². The maximum atomic E-state index is 6.63. The Kier molecular flexibility index (Phi) is 3.82. The first-order valence-electron chi connectivity index (χ1n) is 7.40. The molecule has 1 aliphatic carbocycles. The number of hydrogen-bond acceptors (Lipinski definition) is 1. The molecule has 0 bridgehead atoms. The molecule has 100 valence electrons. The minimum absolute atomic E-state index is 0.0592. The van der Waals surface area contributed by atoms with Gasteiger partial charge in [-0.3, -0.25) is 0 Å². The molecular weight excluding hydrogens is 218 g/mol. The van der Waals surface area contributed by atoms with Crippen molar-refractivity contribution in [2.45, 2.75) is 64.8 Å². The molecule has 2 rings (SSSR count). The number of hydrogen-bond donors (Lipinski definition) is 1. The topological polar surface area (TPSA) is 26.0 Å². The third kappa shape index (κ3) is 2.47. The van der Waals surface area contributed by atoms with Crippen LogP contribution in [0.5, 0.6) is 0 Å². The summed E-state index contributed by atoms with van der Waals surface area (Å²) in [6.45, 7) is 6.73. The van der Waals surface area contributed by atoms with E-state index in [-0.39, 0.29) is 5.54 Å². The molecule has 1 heteroatoms. The van der Waals surface area contributed by atoms with E-state index >= 15 is 0 Å². The molecule has 1 aliphatic rings. The van der Waals surface area contributed by atoms with E-state index in [9.17, 15) is 0 Å². The van der Waals surface area contributed by atoms with Gasteiger partial charge < -0.3 is 5.73 Å². The Hall–Kier alpha value is -0.820. The molecule has 0 atom stereocenters. The van der Waals surface area contributed by atoms with Crippen molar-refractivity contribution in [1.29, 1.82) is 0 Å². The molecule has 0 heterocycles. The van der Waals surface area contributed by atoms with Gasteiger partial charge in [-0.2, -0.15) is 0 Å². The van der Waals surface area contributed by atoms with Gasteiger partial charge in [0.15, 0.2) is 0 Å². The van der Waals surface area contributed by atoms with Crippen LogP contribution in [0, 0.1) is 12.3 Å². The van der Waals surface area contributed by atoms with Crippen molar-refractivity contribution in [1.82, 2.24) is 0 Å². The van der Waals surface area contributed by atoms with Crippen LogP contribution in [0.4, 0.5) is 0 Å². The molecule has 0 unspecified atom stereocenters. The van der Waals surface area contributed by atoms with E-state index < -0.39 is 0 Å². The van der Waals surface area contributed by atoms with Gasteiger partial charge in [0.1, 0.15) is 0 Å². The van der Waals surface area contributed by atoms with Crippen LogP contribution in [0.15, 0.2) is 24.3 Å². The zero-order valence-electron chi connectivity index (χ0n) is 12.1. The summed E-state index contributed by atoms with van der Waals surface area (Å²) in [6.07, 6.45) is 7.58. The van der Waals surface area contributed by atoms with Crippen molar-refractivity contribution in [2.75, 3.05) is 0 Å². The van der Waals surface area contributed by atoms with Crippen LogP contribution in [0.25, 0.3) is 0 Å². The first-order valence-corrected chi connectivity index (χ1v) is 7.40. The molecule has 0 aliphatic heterocycles. The third-order valence-electron chi connectivity index (χ3n) is 4.53. The van der Waals surface area contributed by atoms with E-state index in [2.05, 4.69) is 45.0 Å². The van der Waals surface area contributed by atoms with Gasteiger partial charge in [0.2, 0.25) is 0 Å². The van der Waals surface area contributed by atoms with E-state index in [0.717, 1.165) is 0 Å². The van der Waals surface area contributed by atoms with Crippen molar-refractivity contribution in [3.63, 3.8) is 0 Å². The first kappa shape index (κ1) is 13.6. The fourth-order valence-electron chi connectivity index (χ4n) is 3.98. The minimum atomic E-state index is -0.0592. The van der Waals surface area contributed by atoms with E-state index in [4.69, 9.17) is 5.73 Å². The molecule has 0 radical (unpaired) electrons. The lowest BCUT2D eigenvalue weighted by molar-refractivity contribution is 0.00620. The highest BCUT2D eigenvalue weighted by atomic mass is 14.8. The number of rotatable bonds is 5. The van der Waals surface area contributed by atoms with Gasteiger partial charge in [-0.25, -0.2) is 0 Å². The van der Waals surface area contributed by atoms with Crippen LogP contribution >= 0.6 is 0 Å². The van der Waals surface area contributed by atoms with Crippen LogP contribution in [-0.4, -0.2) is 0 Å². The molecule has 18 heavy (non-hydrogen) atoms.